The average molecular weight is 256 g/mol. The summed E-state index contributed by atoms with van der Waals surface area (Å²) in [6.45, 7) is 0. The third kappa shape index (κ3) is 1.90. The SMILES string of the molecule is N#Cc1c(C(F)(F)F)c2c([nH]c1=O)CCC(=O)C2. The topological polar surface area (TPSA) is 73.7 Å². The van der Waals surface area contributed by atoms with Crippen molar-refractivity contribution in [2.45, 2.75) is 25.4 Å². The minimum atomic E-state index is -4.82. The summed E-state index contributed by atoms with van der Waals surface area (Å²) in [4.78, 5) is 24.9. The number of hydrogen-bond donors (Lipinski definition) is 1. The molecule has 0 saturated carbocycles. The van der Waals surface area contributed by atoms with Crippen LogP contribution in [0.3, 0.4) is 0 Å². The molecular weight excluding hydrogens is 249 g/mol. The molecule has 0 atom stereocenters. The zero-order valence-electron chi connectivity index (χ0n) is 9.02. The van der Waals surface area contributed by atoms with Gasteiger partial charge in [-0.3, -0.25) is 9.59 Å². The van der Waals surface area contributed by atoms with E-state index in [1.165, 1.54) is 6.07 Å². The molecule has 1 aliphatic rings. The van der Waals surface area contributed by atoms with Crippen LogP contribution in [0.2, 0.25) is 0 Å². The summed E-state index contributed by atoms with van der Waals surface area (Å²) in [5.74, 6) is -0.330. The smallest absolute Gasteiger partial charge is 0.325 e. The predicted molar refractivity (Wildman–Crippen MR) is 53.8 cm³/mol. The van der Waals surface area contributed by atoms with E-state index in [-0.39, 0.29) is 29.9 Å². The molecule has 0 fully saturated rings. The lowest BCUT2D eigenvalue weighted by Gasteiger charge is -2.20. The maximum atomic E-state index is 12.9. The molecule has 0 amide bonds. The molecule has 0 saturated heterocycles. The van der Waals surface area contributed by atoms with Crippen molar-refractivity contribution in [1.82, 2.24) is 4.98 Å². The number of hydrogen-bond acceptors (Lipinski definition) is 3. The van der Waals surface area contributed by atoms with Crippen LogP contribution in [0.1, 0.15) is 28.8 Å². The van der Waals surface area contributed by atoms with E-state index in [4.69, 9.17) is 5.26 Å². The molecule has 0 unspecified atom stereocenters. The molecule has 0 aromatic carbocycles. The van der Waals surface area contributed by atoms with E-state index < -0.39 is 29.3 Å². The first-order chi connectivity index (χ1) is 8.34. The van der Waals surface area contributed by atoms with Gasteiger partial charge in [0.15, 0.2) is 0 Å². The summed E-state index contributed by atoms with van der Waals surface area (Å²) >= 11 is 0. The molecule has 7 heteroatoms. The van der Waals surface area contributed by atoms with Crippen molar-refractivity contribution in [3.05, 3.63) is 32.7 Å². The highest BCUT2D eigenvalue weighted by Gasteiger charge is 2.40. The highest BCUT2D eigenvalue weighted by Crippen LogP contribution is 2.36. The number of H-pyrrole nitrogens is 1. The van der Waals surface area contributed by atoms with Gasteiger partial charge in [0.25, 0.3) is 5.56 Å². The number of nitrogens with zero attached hydrogens (tertiary/aromatic N) is 1. The van der Waals surface area contributed by atoms with Gasteiger partial charge in [-0.05, 0) is 12.0 Å². The zero-order chi connectivity index (χ0) is 13.5. The number of aromatic amines is 1. The number of aryl methyl sites for hydroxylation is 1. The number of fused-ring (bicyclic) bond motifs is 1. The Labute approximate surface area is 99.0 Å². The van der Waals surface area contributed by atoms with Crippen LogP contribution in [0.15, 0.2) is 4.79 Å². The first-order valence-electron chi connectivity index (χ1n) is 5.11. The highest BCUT2D eigenvalue weighted by molar-refractivity contribution is 5.83. The Kier molecular flexibility index (Phi) is 2.73. The Bertz CT molecular complexity index is 623. The van der Waals surface area contributed by atoms with Gasteiger partial charge in [0.1, 0.15) is 17.4 Å². The van der Waals surface area contributed by atoms with Crippen molar-refractivity contribution < 1.29 is 18.0 Å². The van der Waals surface area contributed by atoms with E-state index in [0.717, 1.165) is 0 Å². The summed E-state index contributed by atoms with van der Waals surface area (Å²) in [6.07, 6.45) is -5.04. The normalized spacial score (nSPS) is 15.1. The molecule has 0 radical (unpaired) electrons. The monoisotopic (exact) mass is 256 g/mol. The number of alkyl halides is 3. The predicted octanol–water partition coefficient (Wildman–Crippen LogP) is 1.32. The molecule has 1 aromatic heterocycles. The number of aromatic nitrogens is 1. The number of carbonyl (C=O) groups is 1. The van der Waals surface area contributed by atoms with Crippen LogP contribution in [0.4, 0.5) is 13.2 Å². The van der Waals surface area contributed by atoms with E-state index in [1.54, 1.807) is 0 Å². The number of halogens is 3. The maximum absolute atomic E-state index is 12.9. The van der Waals surface area contributed by atoms with Crippen molar-refractivity contribution in [2.24, 2.45) is 0 Å². The number of nitriles is 1. The van der Waals surface area contributed by atoms with Gasteiger partial charge in [-0.2, -0.15) is 18.4 Å². The minimum Gasteiger partial charge on any atom is -0.325 e. The van der Waals surface area contributed by atoms with Crippen molar-refractivity contribution in [3.63, 3.8) is 0 Å². The third-order valence-electron chi connectivity index (χ3n) is 2.83. The van der Waals surface area contributed by atoms with Crippen molar-refractivity contribution in [2.75, 3.05) is 0 Å². The van der Waals surface area contributed by atoms with Crippen LogP contribution in [0.25, 0.3) is 0 Å². The van der Waals surface area contributed by atoms with E-state index in [2.05, 4.69) is 4.98 Å². The second-order valence-corrected chi connectivity index (χ2v) is 3.99. The lowest BCUT2D eigenvalue weighted by Crippen LogP contribution is -2.28. The molecule has 94 valence electrons. The van der Waals surface area contributed by atoms with E-state index in [9.17, 15) is 22.8 Å². The molecule has 1 aliphatic carbocycles. The lowest BCUT2D eigenvalue weighted by atomic mass is 9.89. The van der Waals surface area contributed by atoms with Crippen LogP contribution < -0.4 is 5.56 Å². The molecule has 0 aliphatic heterocycles. The quantitative estimate of drug-likeness (QED) is 0.760. The first-order valence-corrected chi connectivity index (χ1v) is 5.11. The fourth-order valence-corrected chi connectivity index (χ4v) is 2.07. The van der Waals surface area contributed by atoms with Crippen LogP contribution in [0.5, 0.6) is 0 Å². The number of nitrogens with one attached hydrogen (secondary N) is 1. The first kappa shape index (κ1) is 12.4. The van der Waals surface area contributed by atoms with Crippen molar-refractivity contribution in [3.8, 4) is 6.07 Å². The largest absolute Gasteiger partial charge is 0.418 e. The second-order valence-electron chi connectivity index (χ2n) is 3.99. The highest BCUT2D eigenvalue weighted by atomic mass is 19.4. The fraction of sp³-hybridized carbons (Fsp3) is 0.364. The molecular formula is C11H7F3N2O2. The number of carbonyl (C=O) groups excluding carboxylic acids is 1. The van der Waals surface area contributed by atoms with Crippen LogP contribution in [-0.4, -0.2) is 10.8 Å². The minimum absolute atomic E-state index is 0.0677. The summed E-state index contributed by atoms with van der Waals surface area (Å²) in [6, 6.07) is 1.26. The average Bonchev–Trinajstić information content (AvgIpc) is 2.26. The van der Waals surface area contributed by atoms with Crippen molar-refractivity contribution in [1.29, 1.82) is 5.26 Å². The van der Waals surface area contributed by atoms with Gasteiger partial charge in [-0.15, -0.1) is 0 Å². The summed E-state index contributed by atoms with van der Waals surface area (Å²) in [5, 5.41) is 8.68. The standard InChI is InChI=1S/C11H7F3N2O2/c12-11(13,14)9-6-3-5(17)1-2-8(6)16-10(18)7(9)4-15/h1-3H2,(H,16,18). The summed E-state index contributed by atoms with van der Waals surface area (Å²) in [5.41, 5.74) is -3.47. The van der Waals surface area contributed by atoms with E-state index >= 15 is 0 Å². The van der Waals surface area contributed by atoms with Gasteiger partial charge in [0.05, 0.1) is 5.56 Å². The molecule has 1 N–H and O–H groups in total. The number of Topliss-reactive ketones (excluding diaryl/α,β-unsaturated/α-hetero) is 1. The molecule has 1 aromatic rings. The fourth-order valence-electron chi connectivity index (χ4n) is 2.07. The molecule has 0 bridgehead atoms. The molecule has 4 nitrogen and oxygen atoms in total. The number of ketones is 1. The Hall–Kier alpha value is -2.10. The molecule has 1 heterocycles. The van der Waals surface area contributed by atoms with Gasteiger partial charge in [-0.25, -0.2) is 0 Å². The molecule has 0 spiro atoms. The Morgan fingerprint density at radius 3 is 2.44 bits per heavy atom. The van der Waals surface area contributed by atoms with E-state index in [0.29, 0.717) is 0 Å². The van der Waals surface area contributed by atoms with Gasteiger partial charge >= 0.3 is 6.18 Å². The third-order valence-corrected chi connectivity index (χ3v) is 2.83. The maximum Gasteiger partial charge on any atom is 0.418 e. The molecule has 2 rings (SSSR count). The Morgan fingerprint density at radius 2 is 1.89 bits per heavy atom. The lowest BCUT2D eigenvalue weighted by molar-refractivity contribution is -0.138. The summed E-state index contributed by atoms with van der Waals surface area (Å²) < 4.78 is 38.7. The van der Waals surface area contributed by atoms with Gasteiger partial charge in [0, 0.05) is 18.5 Å². The zero-order valence-corrected chi connectivity index (χ0v) is 9.02. The Morgan fingerprint density at radius 1 is 1.22 bits per heavy atom. The van der Waals surface area contributed by atoms with Crippen LogP contribution >= 0.6 is 0 Å². The van der Waals surface area contributed by atoms with E-state index in [1.807, 2.05) is 0 Å². The number of pyridine rings is 1. The van der Waals surface area contributed by atoms with Gasteiger partial charge < -0.3 is 4.98 Å². The van der Waals surface area contributed by atoms with Crippen LogP contribution in [0, 0.1) is 11.3 Å². The van der Waals surface area contributed by atoms with Gasteiger partial charge in [-0.1, -0.05) is 0 Å². The second kappa shape index (κ2) is 3.98. The summed E-state index contributed by atoms with van der Waals surface area (Å²) in [7, 11) is 0. The Balaban J connectivity index is 2.83. The van der Waals surface area contributed by atoms with Crippen molar-refractivity contribution >= 4 is 5.78 Å². The molecule has 18 heavy (non-hydrogen) atoms. The number of rotatable bonds is 0. The van der Waals surface area contributed by atoms with Crippen LogP contribution in [-0.2, 0) is 23.8 Å². The van der Waals surface area contributed by atoms with Gasteiger partial charge in [0.2, 0.25) is 0 Å².